The molecule has 0 saturated carbocycles. The molecule has 0 bridgehead atoms. The molecule has 1 aromatic carbocycles. The van der Waals surface area contributed by atoms with E-state index in [0.29, 0.717) is 31.0 Å². The van der Waals surface area contributed by atoms with Gasteiger partial charge in [-0.2, -0.15) is 13.8 Å². The van der Waals surface area contributed by atoms with Crippen molar-refractivity contribution in [2.45, 2.75) is 45.8 Å². The lowest BCUT2D eigenvalue weighted by atomic mass is 9.91. The maximum atomic E-state index is 13.7. The Morgan fingerprint density at radius 3 is 2.54 bits per heavy atom. The number of nitrogens with zero attached hydrogens (tertiary/aromatic N) is 6. The zero-order chi connectivity index (χ0) is 33.8. The number of hydrogen-bond donors (Lipinski definition) is 2. The number of likely N-dealkylation sites (N-methyl/N-ethyl adjacent to an activating group) is 2. The Hall–Kier alpha value is -4.85. The number of halogens is 2. The Morgan fingerprint density at radius 1 is 1.15 bits per heavy atom. The summed E-state index contributed by atoms with van der Waals surface area (Å²) in [6.07, 6.45) is 3.75. The van der Waals surface area contributed by atoms with Gasteiger partial charge in [-0.05, 0) is 52.2 Å². The zero-order valence-electron chi connectivity index (χ0n) is 27.1. The Balaban J connectivity index is 1.83. The number of ether oxygens (including phenoxy) is 2. The molecule has 0 spiro atoms. The van der Waals surface area contributed by atoms with Gasteiger partial charge in [0.2, 0.25) is 11.9 Å². The van der Waals surface area contributed by atoms with Gasteiger partial charge in [-0.3, -0.25) is 9.78 Å². The first-order valence-electron chi connectivity index (χ1n) is 14.7. The van der Waals surface area contributed by atoms with Gasteiger partial charge in [-0.1, -0.05) is 20.4 Å². The second-order valence-electron chi connectivity index (χ2n) is 12.0. The van der Waals surface area contributed by atoms with Crippen molar-refractivity contribution in [3.05, 3.63) is 60.6 Å². The van der Waals surface area contributed by atoms with Crippen LogP contribution in [0.4, 0.5) is 43.3 Å². The molecule has 12 nitrogen and oxygen atoms in total. The molecule has 246 valence electrons. The van der Waals surface area contributed by atoms with Crippen LogP contribution in [0.2, 0.25) is 0 Å². The Bertz CT molecular complexity index is 1600. The van der Waals surface area contributed by atoms with E-state index in [2.05, 4.69) is 32.2 Å². The summed E-state index contributed by atoms with van der Waals surface area (Å²) in [4.78, 5) is 44.8. The van der Waals surface area contributed by atoms with Crippen LogP contribution < -0.4 is 25.2 Å². The molecule has 14 heteroatoms. The van der Waals surface area contributed by atoms with Gasteiger partial charge in [-0.15, -0.1) is 0 Å². The van der Waals surface area contributed by atoms with E-state index < -0.39 is 24.6 Å². The SMILES string of the molecule is C=CC(=O)Nc1cc(Nc2ncc(C(=O)OC(C)C)c(N3CC(C)(C)c4ncccc43)n2)c(OC(F)F)cc1N(C)CCN(C)C. The first-order chi connectivity index (χ1) is 21.7. The number of amides is 1. The third kappa shape index (κ3) is 7.86. The summed E-state index contributed by atoms with van der Waals surface area (Å²) < 4.78 is 37.7. The fourth-order valence-electron chi connectivity index (χ4n) is 4.99. The molecule has 0 saturated heterocycles. The molecular formula is C32H40F2N8O4. The summed E-state index contributed by atoms with van der Waals surface area (Å²) in [7, 11) is 5.59. The number of benzene rings is 1. The standard InChI is InChI=1S/C32H40F2N8O4/c1-9-26(43)37-21-15-22(25(46-30(33)34)16-24(21)41(8)14-13-40(6)7)38-31-36-17-20(29(44)45-19(2)3)28(39-31)42-18-32(4,5)27-23(42)11-10-12-35-27/h9-12,15-17,19,30H,1,13-14,18H2,2-8H3,(H,37,43)(H,36,38,39). The Kier molecular flexibility index (Phi) is 10.4. The Labute approximate surface area is 267 Å². The molecule has 4 rings (SSSR count). The molecule has 0 aliphatic carbocycles. The largest absolute Gasteiger partial charge is 0.459 e. The van der Waals surface area contributed by atoms with Crippen molar-refractivity contribution in [1.29, 1.82) is 0 Å². The first-order valence-corrected chi connectivity index (χ1v) is 14.7. The minimum atomic E-state index is -3.14. The molecule has 0 unspecified atom stereocenters. The molecule has 1 aliphatic rings. The van der Waals surface area contributed by atoms with Crippen molar-refractivity contribution in [1.82, 2.24) is 19.9 Å². The number of esters is 1. The first kappa shape index (κ1) is 34.0. The number of aromatic nitrogens is 3. The van der Waals surface area contributed by atoms with Gasteiger partial charge in [-0.25, -0.2) is 9.78 Å². The van der Waals surface area contributed by atoms with Crippen molar-refractivity contribution in [3.8, 4) is 5.75 Å². The van der Waals surface area contributed by atoms with E-state index in [1.165, 1.54) is 18.3 Å². The summed E-state index contributed by atoms with van der Waals surface area (Å²) >= 11 is 0. The quantitative estimate of drug-likeness (QED) is 0.186. The number of pyridine rings is 1. The van der Waals surface area contributed by atoms with E-state index in [1.54, 1.807) is 33.2 Å². The van der Waals surface area contributed by atoms with E-state index in [0.717, 1.165) is 17.5 Å². The van der Waals surface area contributed by atoms with Crippen molar-refractivity contribution < 1.29 is 27.8 Å². The van der Waals surface area contributed by atoms with Gasteiger partial charge >= 0.3 is 12.6 Å². The third-order valence-electron chi connectivity index (χ3n) is 7.16. The van der Waals surface area contributed by atoms with Crippen LogP contribution in [0, 0.1) is 0 Å². The zero-order valence-corrected chi connectivity index (χ0v) is 27.1. The van der Waals surface area contributed by atoms with E-state index in [-0.39, 0.29) is 34.2 Å². The highest BCUT2D eigenvalue weighted by Gasteiger charge is 2.39. The van der Waals surface area contributed by atoms with E-state index in [9.17, 15) is 18.4 Å². The average molecular weight is 639 g/mol. The predicted octanol–water partition coefficient (Wildman–Crippen LogP) is 5.33. The van der Waals surface area contributed by atoms with Crippen molar-refractivity contribution in [2.24, 2.45) is 0 Å². The second-order valence-corrected chi connectivity index (χ2v) is 12.0. The molecule has 1 aliphatic heterocycles. The van der Waals surface area contributed by atoms with Gasteiger partial charge in [0.1, 0.15) is 5.56 Å². The van der Waals surface area contributed by atoms with Crippen molar-refractivity contribution in [2.75, 3.05) is 61.2 Å². The van der Waals surface area contributed by atoms with E-state index >= 15 is 0 Å². The van der Waals surface area contributed by atoms with Crippen LogP contribution >= 0.6 is 0 Å². The fraction of sp³-hybridized carbons (Fsp3) is 0.406. The Morgan fingerprint density at radius 2 is 1.89 bits per heavy atom. The van der Waals surface area contributed by atoms with Crippen molar-refractivity contribution >= 4 is 46.4 Å². The van der Waals surface area contributed by atoms with Gasteiger partial charge in [0.15, 0.2) is 11.6 Å². The van der Waals surface area contributed by atoms with Crippen LogP contribution in [-0.2, 0) is 14.9 Å². The summed E-state index contributed by atoms with van der Waals surface area (Å²) in [6, 6.07) is 6.55. The molecular weight excluding hydrogens is 598 g/mol. The number of carbonyl (C=O) groups excluding carboxylic acids is 2. The molecule has 46 heavy (non-hydrogen) atoms. The lowest BCUT2D eigenvalue weighted by Gasteiger charge is -2.26. The molecule has 3 aromatic rings. The lowest BCUT2D eigenvalue weighted by Crippen LogP contribution is -2.29. The average Bonchev–Trinajstić information content (AvgIpc) is 3.26. The number of nitrogens with one attached hydrogen (secondary N) is 2. The summed E-state index contributed by atoms with van der Waals surface area (Å²) in [5, 5.41) is 5.70. The number of anilines is 6. The molecule has 0 fully saturated rings. The monoisotopic (exact) mass is 638 g/mol. The summed E-state index contributed by atoms with van der Waals surface area (Å²) in [6.45, 7) is 9.55. The van der Waals surface area contributed by atoms with Gasteiger partial charge < -0.3 is 34.8 Å². The smallest absolute Gasteiger partial charge is 0.387 e. The summed E-state index contributed by atoms with van der Waals surface area (Å²) in [5.41, 5.74) is 2.14. The highest BCUT2D eigenvalue weighted by molar-refractivity contribution is 6.02. The van der Waals surface area contributed by atoms with Crippen LogP contribution in [0.3, 0.4) is 0 Å². The highest BCUT2D eigenvalue weighted by atomic mass is 19.3. The number of rotatable bonds is 13. The number of alkyl halides is 2. The maximum absolute atomic E-state index is 13.7. The number of carbonyl (C=O) groups is 2. The van der Waals surface area contributed by atoms with Crippen LogP contribution in [0.15, 0.2) is 49.3 Å². The molecule has 3 heterocycles. The molecule has 0 atom stereocenters. The summed E-state index contributed by atoms with van der Waals surface area (Å²) in [5.74, 6) is -1.08. The van der Waals surface area contributed by atoms with E-state index in [1.807, 2.05) is 48.7 Å². The lowest BCUT2D eigenvalue weighted by molar-refractivity contribution is -0.111. The normalized spacial score (nSPS) is 13.5. The third-order valence-corrected chi connectivity index (χ3v) is 7.16. The van der Waals surface area contributed by atoms with Crippen LogP contribution in [0.25, 0.3) is 0 Å². The topological polar surface area (TPSA) is 125 Å². The molecule has 0 radical (unpaired) electrons. The van der Waals surface area contributed by atoms with E-state index in [4.69, 9.17) is 9.47 Å². The second kappa shape index (κ2) is 14.1. The van der Waals surface area contributed by atoms with Crippen LogP contribution in [0.1, 0.15) is 43.7 Å². The number of hydrogen-bond acceptors (Lipinski definition) is 11. The molecule has 2 N–H and O–H groups in total. The minimum Gasteiger partial charge on any atom is -0.459 e. The highest BCUT2D eigenvalue weighted by Crippen LogP contribution is 2.44. The van der Waals surface area contributed by atoms with Gasteiger partial charge in [0, 0.05) is 50.6 Å². The maximum Gasteiger partial charge on any atom is 0.387 e. The van der Waals surface area contributed by atoms with Crippen LogP contribution in [-0.4, -0.2) is 85.2 Å². The molecule has 2 aromatic heterocycles. The van der Waals surface area contributed by atoms with Crippen LogP contribution in [0.5, 0.6) is 5.75 Å². The van der Waals surface area contributed by atoms with Gasteiger partial charge in [0.05, 0.1) is 34.5 Å². The minimum absolute atomic E-state index is 0.0138. The van der Waals surface area contributed by atoms with Gasteiger partial charge in [0.25, 0.3) is 0 Å². The van der Waals surface area contributed by atoms with Crippen molar-refractivity contribution in [3.63, 3.8) is 0 Å². The number of fused-ring (bicyclic) bond motifs is 1. The fourth-order valence-corrected chi connectivity index (χ4v) is 4.99. The molecule has 1 amide bonds. The predicted molar refractivity (Wildman–Crippen MR) is 174 cm³/mol.